The smallest absolute Gasteiger partial charge is 0.240 e. The second kappa shape index (κ2) is 6.82. The van der Waals surface area contributed by atoms with Crippen LogP contribution in [0.2, 0.25) is 0 Å². The van der Waals surface area contributed by atoms with Gasteiger partial charge in [0.05, 0.1) is 4.90 Å². The van der Waals surface area contributed by atoms with Crippen molar-refractivity contribution in [2.45, 2.75) is 51.0 Å². The van der Waals surface area contributed by atoms with Crippen LogP contribution in [0, 0.1) is 0 Å². The average Bonchev–Trinajstić information content (AvgIpc) is 2.36. The van der Waals surface area contributed by atoms with Gasteiger partial charge in [0.1, 0.15) is 0 Å². The van der Waals surface area contributed by atoms with E-state index in [4.69, 9.17) is 0 Å². The fourth-order valence-electron chi connectivity index (χ4n) is 1.77. The maximum absolute atomic E-state index is 12.1. The van der Waals surface area contributed by atoms with Crippen LogP contribution < -0.4 is 4.72 Å². The summed E-state index contributed by atoms with van der Waals surface area (Å²) in [5.74, 6) is -0.0757. The Morgan fingerprint density at radius 2 is 1.84 bits per heavy atom. The third-order valence-electron chi connectivity index (χ3n) is 2.92. The van der Waals surface area contributed by atoms with Gasteiger partial charge in [0, 0.05) is 11.6 Å². The van der Waals surface area contributed by atoms with E-state index in [0.717, 1.165) is 19.3 Å². The number of nitrogens with one attached hydrogen (secondary N) is 1. The summed E-state index contributed by atoms with van der Waals surface area (Å²) in [4.78, 5) is 11.3. The molecular formula is C14H21NO3S. The van der Waals surface area contributed by atoms with Crippen molar-refractivity contribution in [3.63, 3.8) is 0 Å². The Labute approximate surface area is 115 Å². The van der Waals surface area contributed by atoms with Crippen molar-refractivity contribution in [3.8, 4) is 0 Å². The number of unbranched alkanes of at least 4 members (excludes halogenated alkanes) is 1. The average molecular weight is 283 g/mol. The maximum atomic E-state index is 12.1. The minimum atomic E-state index is -3.49. The third-order valence-corrected chi connectivity index (χ3v) is 4.52. The second-order valence-electron chi connectivity index (χ2n) is 4.75. The van der Waals surface area contributed by atoms with Gasteiger partial charge < -0.3 is 0 Å². The fourth-order valence-corrected chi connectivity index (χ4v) is 3.05. The van der Waals surface area contributed by atoms with E-state index in [-0.39, 0.29) is 16.7 Å². The Morgan fingerprint density at radius 1 is 1.26 bits per heavy atom. The first-order chi connectivity index (χ1) is 8.86. The number of hydrogen-bond donors (Lipinski definition) is 1. The summed E-state index contributed by atoms with van der Waals surface area (Å²) >= 11 is 0. The number of sulfonamides is 1. The first kappa shape index (κ1) is 15.9. The number of rotatable bonds is 7. The molecule has 1 atom stereocenters. The predicted molar refractivity (Wildman–Crippen MR) is 75.8 cm³/mol. The standard InChI is InChI=1S/C14H21NO3S/c1-4-5-6-11(2)15-19(17,18)14-9-7-13(8-10-14)12(3)16/h7-11,15H,4-6H2,1-3H3. The van der Waals surface area contributed by atoms with Crippen LogP contribution in [0.15, 0.2) is 29.2 Å². The normalized spacial score (nSPS) is 13.2. The molecule has 5 heteroatoms. The molecule has 0 amide bonds. The monoisotopic (exact) mass is 283 g/mol. The summed E-state index contributed by atoms with van der Waals surface area (Å²) in [6.07, 6.45) is 2.85. The predicted octanol–water partition coefficient (Wildman–Crippen LogP) is 2.75. The molecule has 0 spiro atoms. The van der Waals surface area contributed by atoms with Gasteiger partial charge in [-0.3, -0.25) is 4.79 Å². The lowest BCUT2D eigenvalue weighted by atomic mass is 10.2. The quantitative estimate of drug-likeness (QED) is 0.783. The summed E-state index contributed by atoms with van der Waals surface area (Å²) in [6.45, 7) is 5.38. The Balaban J connectivity index is 2.79. The van der Waals surface area contributed by atoms with Crippen LogP contribution in [0.5, 0.6) is 0 Å². The van der Waals surface area contributed by atoms with Crippen molar-refractivity contribution >= 4 is 15.8 Å². The van der Waals surface area contributed by atoms with E-state index in [0.29, 0.717) is 5.56 Å². The number of hydrogen-bond acceptors (Lipinski definition) is 3. The number of benzene rings is 1. The van der Waals surface area contributed by atoms with Crippen LogP contribution in [-0.4, -0.2) is 20.2 Å². The molecule has 1 N–H and O–H groups in total. The fraction of sp³-hybridized carbons (Fsp3) is 0.500. The molecule has 1 aromatic carbocycles. The molecular weight excluding hydrogens is 262 g/mol. The van der Waals surface area contributed by atoms with Crippen molar-refractivity contribution in [1.29, 1.82) is 0 Å². The number of Topliss-reactive ketones (excluding diaryl/α,β-unsaturated/α-hetero) is 1. The highest BCUT2D eigenvalue weighted by molar-refractivity contribution is 7.89. The highest BCUT2D eigenvalue weighted by atomic mass is 32.2. The van der Waals surface area contributed by atoms with Crippen molar-refractivity contribution in [1.82, 2.24) is 4.72 Å². The lowest BCUT2D eigenvalue weighted by molar-refractivity contribution is 0.101. The van der Waals surface area contributed by atoms with Gasteiger partial charge >= 0.3 is 0 Å². The number of carbonyl (C=O) groups is 1. The maximum Gasteiger partial charge on any atom is 0.240 e. The van der Waals surface area contributed by atoms with Gasteiger partial charge in [-0.25, -0.2) is 13.1 Å². The van der Waals surface area contributed by atoms with E-state index in [9.17, 15) is 13.2 Å². The third kappa shape index (κ3) is 4.76. The molecule has 0 aliphatic rings. The minimum Gasteiger partial charge on any atom is -0.295 e. The Hall–Kier alpha value is -1.20. The lowest BCUT2D eigenvalue weighted by Crippen LogP contribution is -2.32. The molecule has 0 fully saturated rings. The zero-order chi connectivity index (χ0) is 14.5. The summed E-state index contributed by atoms with van der Waals surface area (Å²) in [6, 6.07) is 5.91. The van der Waals surface area contributed by atoms with E-state index in [2.05, 4.69) is 11.6 Å². The molecule has 19 heavy (non-hydrogen) atoms. The molecule has 0 aliphatic heterocycles. The highest BCUT2D eigenvalue weighted by Gasteiger charge is 2.17. The van der Waals surface area contributed by atoms with E-state index < -0.39 is 10.0 Å². The molecule has 0 radical (unpaired) electrons. The SMILES string of the molecule is CCCCC(C)NS(=O)(=O)c1ccc(C(C)=O)cc1. The van der Waals surface area contributed by atoms with Gasteiger partial charge in [0.15, 0.2) is 5.78 Å². The highest BCUT2D eigenvalue weighted by Crippen LogP contribution is 2.12. The van der Waals surface area contributed by atoms with Crippen LogP contribution in [0.1, 0.15) is 50.4 Å². The number of ketones is 1. The van der Waals surface area contributed by atoms with Crippen LogP contribution >= 0.6 is 0 Å². The molecule has 4 nitrogen and oxygen atoms in total. The minimum absolute atomic E-state index is 0.0757. The lowest BCUT2D eigenvalue weighted by Gasteiger charge is -2.13. The summed E-state index contributed by atoms with van der Waals surface area (Å²) in [5.41, 5.74) is 0.512. The topological polar surface area (TPSA) is 63.2 Å². The molecule has 106 valence electrons. The first-order valence-electron chi connectivity index (χ1n) is 6.50. The van der Waals surface area contributed by atoms with E-state index in [1.807, 2.05) is 6.92 Å². The van der Waals surface area contributed by atoms with Crippen molar-refractivity contribution in [3.05, 3.63) is 29.8 Å². The van der Waals surface area contributed by atoms with Crippen LogP contribution in [0.3, 0.4) is 0 Å². The van der Waals surface area contributed by atoms with Crippen LogP contribution in [0.4, 0.5) is 0 Å². The van der Waals surface area contributed by atoms with Crippen molar-refractivity contribution < 1.29 is 13.2 Å². The van der Waals surface area contributed by atoms with Gasteiger partial charge in [-0.2, -0.15) is 0 Å². The first-order valence-corrected chi connectivity index (χ1v) is 7.98. The largest absolute Gasteiger partial charge is 0.295 e. The van der Waals surface area contributed by atoms with E-state index in [1.165, 1.54) is 31.2 Å². The van der Waals surface area contributed by atoms with Gasteiger partial charge in [-0.1, -0.05) is 31.9 Å². The molecule has 0 bridgehead atoms. The molecule has 1 aromatic rings. The van der Waals surface area contributed by atoms with Crippen molar-refractivity contribution in [2.75, 3.05) is 0 Å². The Bertz CT molecular complexity index is 520. The zero-order valence-corrected chi connectivity index (χ0v) is 12.5. The van der Waals surface area contributed by atoms with Crippen molar-refractivity contribution in [2.24, 2.45) is 0 Å². The molecule has 0 saturated heterocycles. The summed E-state index contributed by atoms with van der Waals surface area (Å²) in [5, 5.41) is 0. The van der Waals surface area contributed by atoms with Crippen LogP contribution in [-0.2, 0) is 10.0 Å². The zero-order valence-electron chi connectivity index (χ0n) is 11.6. The van der Waals surface area contributed by atoms with Crippen LogP contribution in [0.25, 0.3) is 0 Å². The second-order valence-corrected chi connectivity index (χ2v) is 6.46. The van der Waals surface area contributed by atoms with Gasteiger partial charge in [0.25, 0.3) is 0 Å². The summed E-state index contributed by atoms with van der Waals surface area (Å²) < 4.78 is 26.8. The van der Waals surface area contributed by atoms with Gasteiger partial charge in [-0.15, -0.1) is 0 Å². The molecule has 0 saturated carbocycles. The molecule has 0 aromatic heterocycles. The Kier molecular flexibility index (Phi) is 5.69. The van der Waals surface area contributed by atoms with E-state index in [1.54, 1.807) is 0 Å². The molecule has 0 aliphatic carbocycles. The number of carbonyl (C=O) groups excluding carboxylic acids is 1. The molecule has 0 heterocycles. The van der Waals surface area contributed by atoms with Gasteiger partial charge in [-0.05, 0) is 32.4 Å². The molecule has 1 rings (SSSR count). The Morgan fingerprint density at radius 3 is 2.32 bits per heavy atom. The van der Waals surface area contributed by atoms with Gasteiger partial charge in [0.2, 0.25) is 10.0 Å². The van der Waals surface area contributed by atoms with E-state index >= 15 is 0 Å². The molecule has 1 unspecified atom stereocenters. The summed E-state index contributed by atoms with van der Waals surface area (Å²) in [7, 11) is -3.49.